The minimum absolute atomic E-state index is 0.325. The predicted molar refractivity (Wildman–Crippen MR) is 84.1 cm³/mol. The second-order valence-electron chi connectivity index (χ2n) is 4.24. The fraction of sp³-hybridized carbons (Fsp3) is 0.0667. The highest BCUT2D eigenvalue weighted by Crippen LogP contribution is 2.29. The number of hydrogen-bond acceptors (Lipinski definition) is 4. The number of thiazole rings is 1. The second-order valence-corrected chi connectivity index (χ2v) is 5.91. The molecule has 0 bridgehead atoms. The van der Waals surface area contributed by atoms with E-state index in [0.717, 1.165) is 25.9 Å². The maximum absolute atomic E-state index is 11.6. The summed E-state index contributed by atoms with van der Waals surface area (Å²) in [5.41, 5.74) is 1.59. The molecule has 0 atom stereocenters. The predicted octanol–water partition coefficient (Wildman–Crippen LogP) is 4.51. The Labute approximate surface area is 128 Å². The molecular formula is C15H10BrNO2S. The van der Waals surface area contributed by atoms with Gasteiger partial charge in [-0.2, -0.15) is 0 Å². The first-order chi connectivity index (χ1) is 9.67. The molecule has 100 valence electrons. The SMILES string of the molecule is COC(=O)c1ccc2ccc(-c3nc(Br)cs3)cc2c1. The molecular weight excluding hydrogens is 338 g/mol. The molecule has 20 heavy (non-hydrogen) atoms. The van der Waals surface area contributed by atoms with Crippen molar-refractivity contribution in [1.82, 2.24) is 4.98 Å². The van der Waals surface area contributed by atoms with Gasteiger partial charge >= 0.3 is 5.97 Å². The van der Waals surface area contributed by atoms with Crippen LogP contribution in [-0.4, -0.2) is 18.1 Å². The number of ether oxygens (including phenoxy) is 1. The highest BCUT2D eigenvalue weighted by Gasteiger charge is 2.08. The molecule has 5 heteroatoms. The molecule has 3 aromatic rings. The van der Waals surface area contributed by atoms with Gasteiger partial charge in [-0.1, -0.05) is 18.2 Å². The zero-order valence-corrected chi connectivity index (χ0v) is 13.0. The van der Waals surface area contributed by atoms with E-state index in [1.807, 2.05) is 35.7 Å². The van der Waals surface area contributed by atoms with Gasteiger partial charge in [-0.3, -0.25) is 0 Å². The Morgan fingerprint density at radius 2 is 2.00 bits per heavy atom. The van der Waals surface area contributed by atoms with Gasteiger partial charge < -0.3 is 4.74 Å². The Balaban J connectivity index is 2.11. The van der Waals surface area contributed by atoms with Crippen molar-refractivity contribution >= 4 is 44.0 Å². The molecule has 0 aliphatic heterocycles. The molecule has 3 nitrogen and oxygen atoms in total. The first kappa shape index (κ1) is 13.3. The highest BCUT2D eigenvalue weighted by atomic mass is 79.9. The Morgan fingerprint density at radius 1 is 1.20 bits per heavy atom. The van der Waals surface area contributed by atoms with E-state index in [2.05, 4.69) is 20.9 Å². The number of carbonyl (C=O) groups excluding carboxylic acids is 1. The van der Waals surface area contributed by atoms with Crippen LogP contribution in [0.1, 0.15) is 10.4 Å². The lowest BCUT2D eigenvalue weighted by Crippen LogP contribution is -2.00. The van der Waals surface area contributed by atoms with Gasteiger partial charge in [-0.05, 0) is 44.9 Å². The lowest BCUT2D eigenvalue weighted by atomic mass is 10.0. The molecule has 0 aliphatic rings. The highest BCUT2D eigenvalue weighted by molar-refractivity contribution is 9.10. The van der Waals surface area contributed by atoms with Gasteiger partial charge in [0.15, 0.2) is 0 Å². The van der Waals surface area contributed by atoms with Gasteiger partial charge in [0.25, 0.3) is 0 Å². The van der Waals surface area contributed by atoms with E-state index in [4.69, 9.17) is 4.74 Å². The minimum atomic E-state index is -0.325. The number of carbonyl (C=O) groups is 1. The van der Waals surface area contributed by atoms with Crippen LogP contribution in [0, 0.1) is 0 Å². The van der Waals surface area contributed by atoms with Gasteiger partial charge in [0.1, 0.15) is 9.61 Å². The molecule has 0 N–H and O–H groups in total. The maximum Gasteiger partial charge on any atom is 0.337 e. The van der Waals surface area contributed by atoms with Crippen LogP contribution in [0.5, 0.6) is 0 Å². The number of esters is 1. The molecule has 0 saturated heterocycles. The first-order valence-electron chi connectivity index (χ1n) is 5.91. The van der Waals surface area contributed by atoms with E-state index in [1.165, 1.54) is 7.11 Å². The number of halogens is 1. The number of fused-ring (bicyclic) bond motifs is 1. The third-order valence-electron chi connectivity index (χ3n) is 2.98. The summed E-state index contributed by atoms with van der Waals surface area (Å²) >= 11 is 4.93. The van der Waals surface area contributed by atoms with Crippen molar-refractivity contribution in [1.29, 1.82) is 0 Å². The number of rotatable bonds is 2. The van der Waals surface area contributed by atoms with E-state index in [9.17, 15) is 4.79 Å². The van der Waals surface area contributed by atoms with Gasteiger partial charge in [0.2, 0.25) is 0 Å². The Morgan fingerprint density at radius 3 is 2.70 bits per heavy atom. The standard InChI is InChI=1S/C15H10BrNO2S/c1-19-15(18)11-5-3-9-2-4-10(6-12(9)7-11)14-17-13(16)8-20-14/h2-8H,1H3. The van der Waals surface area contributed by atoms with Crippen molar-refractivity contribution in [3.63, 3.8) is 0 Å². The quantitative estimate of drug-likeness (QED) is 0.640. The summed E-state index contributed by atoms with van der Waals surface area (Å²) in [6.45, 7) is 0. The number of hydrogen-bond donors (Lipinski definition) is 0. The van der Waals surface area contributed by atoms with Crippen LogP contribution in [-0.2, 0) is 4.74 Å². The molecule has 0 unspecified atom stereocenters. The summed E-state index contributed by atoms with van der Waals surface area (Å²) in [6, 6.07) is 11.6. The van der Waals surface area contributed by atoms with Crippen LogP contribution < -0.4 is 0 Å². The first-order valence-corrected chi connectivity index (χ1v) is 7.58. The Bertz CT molecular complexity index is 797. The van der Waals surface area contributed by atoms with Crippen LogP contribution in [0.4, 0.5) is 0 Å². The van der Waals surface area contributed by atoms with Crippen molar-refractivity contribution in [2.45, 2.75) is 0 Å². The summed E-state index contributed by atoms with van der Waals surface area (Å²) in [7, 11) is 1.38. The number of nitrogens with zero attached hydrogens (tertiary/aromatic N) is 1. The van der Waals surface area contributed by atoms with E-state index in [1.54, 1.807) is 17.4 Å². The molecule has 1 aromatic heterocycles. The summed E-state index contributed by atoms with van der Waals surface area (Å²) < 4.78 is 5.58. The fourth-order valence-electron chi connectivity index (χ4n) is 2.01. The van der Waals surface area contributed by atoms with Crippen molar-refractivity contribution in [2.75, 3.05) is 7.11 Å². The molecule has 0 aliphatic carbocycles. The van der Waals surface area contributed by atoms with Gasteiger partial charge in [-0.25, -0.2) is 9.78 Å². The largest absolute Gasteiger partial charge is 0.465 e. The normalized spacial score (nSPS) is 10.7. The summed E-state index contributed by atoms with van der Waals surface area (Å²) in [5.74, 6) is -0.325. The number of benzene rings is 2. The average molecular weight is 348 g/mol. The number of aromatic nitrogens is 1. The third kappa shape index (κ3) is 2.46. The van der Waals surface area contributed by atoms with Crippen LogP contribution >= 0.6 is 27.3 Å². The Hall–Kier alpha value is -1.72. The molecule has 0 amide bonds. The summed E-state index contributed by atoms with van der Waals surface area (Å²) in [6.07, 6.45) is 0. The van der Waals surface area contributed by atoms with Crippen molar-refractivity contribution in [2.24, 2.45) is 0 Å². The average Bonchev–Trinajstić information content (AvgIpc) is 2.92. The smallest absolute Gasteiger partial charge is 0.337 e. The van der Waals surface area contributed by atoms with Crippen molar-refractivity contribution < 1.29 is 9.53 Å². The molecule has 0 saturated carbocycles. The van der Waals surface area contributed by atoms with Crippen LogP contribution in [0.2, 0.25) is 0 Å². The zero-order valence-electron chi connectivity index (χ0n) is 10.6. The van der Waals surface area contributed by atoms with Crippen LogP contribution in [0.3, 0.4) is 0 Å². The molecule has 1 heterocycles. The monoisotopic (exact) mass is 347 g/mol. The maximum atomic E-state index is 11.6. The molecule has 0 fully saturated rings. The van der Waals surface area contributed by atoms with Crippen molar-refractivity contribution in [3.8, 4) is 10.6 Å². The zero-order chi connectivity index (χ0) is 14.1. The summed E-state index contributed by atoms with van der Waals surface area (Å²) in [5, 5.41) is 4.97. The van der Waals surface area contributed by atoms with E-state index in [-0.39, 0.29) is 5.97 Å². The minimum Gasteiger partial charge on any atom is -0.465 e. The van der Waals surface area contributed by atoms with Crippen molar-refractivity contribution in [3.05, 3.63) is 51.9 Å². The second kappa shape index (κ2) is 5.34. The topological polar surface area (TPSA) is 39.2 Å². The number of methoxy groups -OCH3 is 1. The van der Waals surface area contributed by atoms with E-state index < -0.39 is 0 Å². The third-order valence-corrected chi connectivity index (χ3v) is 4.59. The van der Waals surface area contributed by atoms with Crippen LogP contribution in [0.25, 0.3) is 21.3 Å². The molecule has 0 radical (unpaired) electrons. The molecule has 3 rings (SSSR count). The molecule has 2 aromatic carbocycles. The lowest BCUT2D eigenvalue weighted by molar-refractivity contribution is 0.0601. The van der Waals surface area contributed by atoms with Gasteiger partial charge in [-0.15, -0.1) is 11.3 Å². The van der Waals surface area contributed by atoms with Gasteiger partial charge in [0.05, 0.1) is 12.7 Å². The molecule has 0 spiro atoms. The lowest BCUT2D eigenvalue weighted by Gasteiger charge is -2.04. The van der Waals surface area contributed by atoms with E-state index >= 15 is 0 Å². The van der Waals surface area contributed by atoms with E-state index in [0.29, 0.717) is 5.56 Å². The fourth-order valence-corrected chi connectivity index (χ4v) is 3.26. The summed E-state index contributed by atoms with van der Waals surface area (Å²) in [4.78, 5) is 16.0. The van der Waals surface area contributed by atoms with Gasteiger partial charge in [0, 0.05) is 10.9 Å². The Kier molecular flexibility index (Phi) is 3.54. The van der Waals surface area contributed by atoms with Crippen LogP contribution in [0.15, 0.2) is 46.4 Å².